The van der Waals surface area contributed by atoms with E-state index in [1.165, 1.54) is 6.92 Å². The van der Waals surface area contributed by atoms with Crippen molar-refractivity contribution in [1.82, 2.24) is 5.32 Å². The quantitative estimate of drug-likeness (QED) is 0.805. The van der Waals surface area contributed by atoms with Crippen LogP contribution in [0.3, 0.4) is 0 Å². The number of hydrogen-bond donors (Lipinski definition) is 1. The molecule has 2 amide bonds. The molecule has 1 aliphatic heterocycles. The number of Topliss-reactive ketones (excluding diaryl/α,β-unsaturated/α-hetero) is 2. The molecule has 1 aromatic carbocycles. The van der Waals surface area contributed by atoms with Gasteiger partial charge in [0.25, 0.3) is 0 Å². The summed E-state index contributed by atoms with van der Waals surface area (Å²) in [7, 11) is 0. The summed E-state index contributed by atoms with van der Waals surface area (Å²) in [4.78, 5) is 45.8. The molecule has 0 unspecified atom stereocenters. The van der Waals surface area contributed by atoms with Crippen LogP contribution in [0.15, 0.2) is 24.3 Å². The first-order valence-electron chi connectivity index (χ1n) is 7.36. The summed E-state index contributed by atoms with van der Waals surface area (Å²) >= 11 is 0. The summed E-state index contributed by atoms with van der Waals surface area (Å²) < 4.78 is 0. The van der Waals surface area contributed by atoms with Crippen LogP contribution in [0.1, 0.15) is 37.3 Å². The number of carbonyl (C=O) groups is 4. The molecule has 0 bridgehead atoms. The van der Waals surface area contributed by atoms with Crippen molar-refractivity contribution in [2.45, 2.75) is 39.0 Å². The maximum Gasteiger partial charge on any atom is 0.230 e. The Hall–Kier alpha value is -2.30. The molecule has 0 aromatic heterocycles. The van der Waals surface area contributed by atoms with Crippen LogP contribution < -0.4 is 5.32 Å². The number of nitrogens with one attached hydrogen (secondary N) is 1. The van der Waals surface area contributed by atoms with Gasteiger partial charge in [-0.05, 0) is 24.5 Å². The lowest BCUT2D eigenvalue weighted by Gasteiger charge is -2.19. The minimum Gasteiger partial charge on any atom is -0.300 e. The summed E-state index contributed by atoms with van der Waals surface area (Å²) in [5, 5.41) is 2.26. The monoisotopic (exact) mass is 301 g/mol. The number of hydrogen-bond acceptors (Lipinski definition) is 4. The molecule has 0 radical (unpaired) electrons. The van der Waals surface area contributed by atoms with Gasteiger partial charge in [-0.25, -0.2) is 0 Å². The smallest absolute Gasteiger partial charge is 0.230 e. The van der Waals surface area contributed by atoms with Gasteiger partial charge < -0.3 is 0 Å². The predicted molar refractivity (Wildman–Crippen MR) is 80.0 cm³/mol. The molecular formula is C17H19NO4. The van der Waals surface area contributed by atoms with E-state index in [1.807, 2.05) is 24.3 Å². The number of benzene rings is 1. The molecule has 116 valence electrons. The lowest BCUT2D eigenvalue weighted by atomic mass is 9.91. The van der Waals surface area contributed by atoms with E-state index in [4.69, 9.17) is 0 Å². The first-order chi connectivity index (χ1) is 10.4. The number of piperidine rings is 1. The van der Waals surface area contributed by atoms with E-state index in [0.29, 0.717) is 19.3 Å². The fourth-order valence-electron chi connectivity index (χ4n) is 2.57. The van der Waals surface area contributed by atoms with Gasteiger partial charge in [-0.1, -0.05) is 24.3 Å². The summed E-state index contributed by atoms with van der Waals surface area (Å²) in [6.07, 6.45) is 1.55. The molecule has 1 fully saturated rings. The third-order valence-electron chi connectivity index (χ3n) is 3.70. The fourth-order valence-corrected chi connectivity index (χ4v) is 2.57. The van der Waals surface area contributed by atoms with Crippen molar-refractivity contribution in [3.8, 4) is 0 Å². The molecule has 0 spiro atoms. The fraction of sp³-hybridized carbons (Fsp3) is 0.412. The summed E-state index contributed by atoms with van der Waals surface area (Å²) in [5.74, 6) is -0.936. The van der Waals surface area contributed by atoms with Crippen LogP contribution >= 0.6 is 0 Å². The second-order valence-corrected chi connectivity index (χ2v) is 5.76. The second kappa shape index (κ2) is 7.11. The molecule has 1 aromatic rings. The number of imide groups is 1. The van der Waals surface area contributed by atoms with E-state index in [9.17, 15) is 19.2 Å². The average molecular weight is 301 g/mol. The molecule has 0 aliphatic carbocycles. The lowest BCUT2D eigenvalue weighted by Crippen LogP contribution is -2.41. The highest BCUT2D eigenvalue weighted by Crippen LogP contribution is 2.18. The minimum absolute atomic E-state index is 0.0196. The van der Waals surface area contributed by atoms with Crippen LogP contribution in [0.2, 0.25) is 0 Å². The molecule has 1 heterocycles. The summed E-state index contributed by atoms with van der Waals surface area (Å²) in [5.41, 5.74) is 1.79. The SMILES string of the molecule is CC(=O)Cc1ccc(CC(=O)C[C@@H]2CCC(=O)NC2=O)cc1. The first kappa shape index (κ1) is 16.1. The van der Waals surface area contributed by atoms with Crippen LogP contribution in [0.5, 0.6) is 0 Å². The minimum atomic E-state index is -0.401. The molecule has 1 aliphatic rings. The Kier molecular flexibility index (Phi) is 5.20. The molecule has 1 atom stereocenters. The Bertz CT molecular complexity index is 604. The number of amides is 2. The van der Waals surface area contributed by atoms with Crippen LogP contribution in [0.25, 0.3) is 0 Å². The van der Waals surface area contributed by atoms with Gasteiger partial charge in [0.2, 0.25) is 11.8 Å². The summed E-state index contributed by atoms with van der Waals surface area (Å²) in [6, 6.07) is 7.35. The van der Waals surface area contributed by atoms with Gasteiger partial charge >= 0.3 is 0 Å². The molecule has 2 rings (SSSR count). The Morgan fingerprint density at radius 2 is 1.68 bits per heavy atom. The van der Waals surface area contributed by atoms with Crippen molar-refractivity contribution in [2.24, 2.45) is 5.92 Å². The van der Waals surface area contributed by atoms with Gasteiger partial charge in [-0.15, -0.1) is 0 Å². The standard InChI is InChI=1S/C17H19NO4/c1-11(19)8-12-2-4-13(5-3-12)9-15(20)10-14-6-7-16(21)18-17(14)22/h2-5,14H,6-10H2,1H3,(H,18,21,22)/t14-/m0/s1. The number of carbonyl (C=O) groups excluding carboxylic acids is 4. The molecule has 0 saturated carbocycles. The van der Waals surface area contributed by atoms with E-state index in [2.05, 4.69) is 5.32 Å². The van der Waals surface area contributed by atoms with Gasteiger partial charge in [0.05, 0.1) is 0 Å². The van der Waals surface area contributed by atoms with Crippen molar-refractivity contribution < 1.29 is 19.2 Å². The van der Waals surface area contributed by atoms with Crippen molar-refractivity contribution in [2.75, 3.05) is 0 Å². The Morgan fingerprint density at radius 3 is 2.23 bits per heavy atom. The average Bonchev–Trinajstić information content (AvgIpc) is 2.43. The third-order valence-corrected chi connectivity index (χ3v) is 3.70. The van der Waals surface area contributed by atoms with Crippen LogP contribution in [0, 0.1) is 5.92 Å². The Morgan fingerprint density at radius 1 is 1.09 bits per heavy atom. The van der Waals surface area contributed by atoms with E-state index in [-0.39, 0.29) is 36.2 Å². The zero-order valence-corrected chi connectivity index (χ0v) is 12.6. The zero-order valence-electron chi connectivity index (χ0n) is 12.6. The molecule has 5 nitrogen and oxygen atoms in total. The predicted octanol–water partition coefficient (Wildman–Crippen LogP) is 1.37. The highest BCUT2D eigenvalue weighted by molar-refractivity contribution is 6.00. The van der Waals surface area contributed by atoms with Gasteiger partial charge in [-0.3, -0.25) is 24.5 Å². The van der Waals surface area contributed by atoms with Crippen molar-refractivity contribution in [3.05, 3.63) is 35.4 Å². The van der Waals surface area contributed by atoms with Crippen LogP contribution in [-0.4, -0.2) is 23.4 Å². The zero-order chi connectivity index (χ0) is 16.1. The van der Waals surface area contributed by atoms with Gasteiger partial charge in [-0.2, -0.15) is 0 Å². The van der Waals surface area contributed by atoms with Crippen LogP contribution in [0.4, 0.5) is 0 Å². The second-order valence-electron chi connectivity index (χ2n) is 5.76. The van der Waals surface area contributed by atoms with Crippen LogP contribution in [-0.2, 0) is 32.0 Å². The van der Waals surface area contributed by atoms with Crippen molar-refractivity contribution >= 4 is 23.4 Å². The van der Waals surface area contributed by atoms with Crippen molar-refractivity contribution in [3.63, 3.8) is 0 Å². The normalized spacial score (nSPS) is 18.0. The first-order valence-corrected chi connectivity index (χ1v) is 7.36. The van der Waals surface area contributed by atoms with Gasteiger partial charge in [0, 0.05) is 31.6 Å². The van der Waals surface area contributed by atoms with E-state index >= 15 is 0 Å². The third kappa shape index (κ3) is 4.62. The van der Waals surface area contributed by atoms with E-state index < -0.39 is 5.92 Å². The van der Waals surface area contributed by atoms with E-state index in [1.54, 1.807) is 0 Å². The molecule has 1 N–H and O–H groups in total. The number of rotatable bonds is 6. The van der Waals surface area contributed by atoms with Gasteiger partial charge in [0.15, 0.2) is 0 Å². The molecule has 5 heteroatoms. The van der Waals surface area contributed by atoms with Crippen molar-refractivity contribution in [1.29, 1.82) is 0 Å². The molecule has 1 saturated heterocycles. The maximum absolute atomic E-state index is 12.1. The topological polar surface area (TPSA) is 80.3 Å². The number of ketones is 2. The maximum atomic E-state index is 12.1. The largest absolute Gasteiger partial charge is 0.300 e. The Balaban J connectivity index is 1.87. The molecule has 22 heavy (non-hydrogen) atoms. The highest BCUT2D eigenvalue weighted by atomic mass is 16.2. The highest BCUT2D eigenvalue weighted by Gasteiger charge is 2.28. The van der Waals surface area contributed by atoms with Gasteiger partial charge in [0.1, 0.15) is 11.6 Å². The summed E-state index contributed by atoms with van der Waals surface area (Å²) in [6.45, 7) is 1.54. The Labute approximate surface area is 129 Å². The van der Waals surface area contributed by atoms with E-state index in [0.717, 1.165) is 11.1 Å². The molecular weight excluding hydrogens is 282 g/mol. The lowest BCUT2D eigenvalue weighted by molar-refractivity contribution is -0.138.